The summed E-state index contributed by atoms with van der Waals surface area (Å²) in [5, 5.41) is 9.13. The van der Waals surface area contributed by atoms with E-state index in [0.717, 1.165) is 34.3 Å². The van der Waals surface area contributed by atoms with Crippen LogP contribution in [0.15, 0.2) is 73.4 Å². The van der Waals surface area contributed by atoms with Crippen LogP contribution in [0, 0.1) is 0 Å². The third-order valence-corrected chi connectivity index (χ3v) is 5.78. The Balaban J connectivity index is 1.77. The van der Waals surface area contributed by atoms with Crippen LogP contribution < -0.4 is 5.73 Å². The van der Waals surface area contributed by atoms with Gasteiger partial charge in [0.05, 0.1) is 5.56 Å². The van der Waals surface area contributed by atoms with E-state index in [9.17, 15) is 4.79 Å². The SMILES string of the molecule is C=C(c1ccc(C(=O)O)cc1)c1ccc2c(c1)C(c1ccc(N)nc1)=CCC2(C)C. The number of anilines is 1. The van der Waals surface area contributed by atoms with E-state index < -0.39 is 5.97 Å². The maximum Gasteiger partial charge on any atom is 0.335 e. The van der Waals surface area contributed by atoms with Gasteiger partial charge >= 0.3 is 5.97 Å². The maximum atomic E-state index is 11.1. The topological polar surface area (TPSA) is 76.2 Å². The van der Waals surface area contributed by atoms with E-state index in [1.807, 2.05) is 18.3 Å². The first kappa shape index (κ1) is 19.6. The summed E-state index contributed by atoms with van der Waals surface area (Å²) in [7, 11) is 0. The molecule has 2 aromatic carbocycles. The minimum Gasteiger partial charge on any atom is -0.478 e. The Bertz CT molecular complexity index is 1170. The molecule has 1 aliphatic rings. The lowest BCUT2D eigenvalue weighted by atomic mass is 9.71. The first-order valence-electron chi connectivity index (χ1n) is 9.86. The van der Waals surface area contributed by atoms with E-state index in [2.05, 4.69) is 49.7 Å². The second-order valence-electron chi connectivity index (χ2n) is 8.30. The number of carbonyl (C=O) groups is 1. The number of carboxylic acid groups (broad SMARTS) is 1. The third-order valence-electron chi connectivity index (χ3n) is 5.78. The van der Waals surface area contributed by atoms with Gasteiger partial charge in [-0.25, -0.2) is 9.78 Å². The number of nitrogens with zero attached hydrogens (tertiary/aromatic N) is 1. The molecule has 30 heavy (non-hydrogen) atoms. The number of nitrogen functional groups attached to an aromatic ring is 1. The van der Waals surface area contributed by atoms with Crippen molar-refractivity contribution in [1.82, 2.24) is 4.98 Å². The Labute approximate surface area is 176 Å². The average molecular weight is 396 g/mol. The van der Waals surface area contributed by atoms with Gasteiger partial charge in [0.1, 0.15) is 5.82 Å². The van der Waals surface area contributed by atoms with E-state index in [1.54, 1.807) is 24.3 Å². The number of aromatic carboxylic acids is 1. The first-order chi connectivity index (χ1) is 14.3. The van der Waals surface area contributed by atoms with Crippen LogP contribution in [-0.2, 0) is 5.41 Å². The monoisotopic (exact) mass is 396 g/mol. The third kappa shape index (κ3) is 3.52. The Hall–Kier alpha value is -3.66. The summed E-state index contributed by atoms with van der Waals surface area (Å²) in [5.74, 6) is -0.433. The highest BCUT2D eigenvalue weighted by Gasteiger charge is 2.29. The van der Waals surface area contributed by atoms with Gasteiger partial charge in [-0.15, -0.1) is 0 Å². The molecule has 4 nitrogen and oxygen atoms in total. The molecule has 1 aromatic heterocycles. The van der Waals surface area contributed by atoms with Crippen LogP contribution in [0.2, 0.25) is 0 Å². The summed E-state index contributed by atoms with van der Waals surface area (Å²) in [4.78, 5) is 15.4. The second-order valence-corrected chi connectivity index (χ2v) is 8.30. The van der Waals surface area contributed by atoms with E-state index in [1.165, 1.54) is 11.1 Å². The largest absolute Gasteiger partial charge is 0.478 e. The maximum absolute atomic E-state index is 11.1. The van der Waals surface area contributed by atoms with Crippen LogP contribution >= 0.6 is 0 Å². The fourth-order valence-electron chi connectivity index (χ4n) is 3.94. The van der Waals surface area contributed by atoms with Gasteiger partial charge in [0.2, 0.25) is 0 Å². The summed E-state index contributed by atoms with van der Waals surface area (Å²) in [6.07, 6.45) is 5.02. The number of nitrogens with two attached hydrogens (primary N) is 1. The van der Waals surface area contributed by atoms with Crippen molar-refractivity contribution in [2.24, 2.45) is 0 Å². The number of hydrogen-bond donors (Lipinski definition) is 2. The molecule has 0 saturated heterocycles. The highest BCUT2D eigenvalue weighted by Crippen LogP contribution is 2.42. The highest BCUT2D eigenvalue weighted by atomic mass is 16.4. The van der Waals surface area contributed by atoms with Gasteiger partial charge < -0.3 is 10.8 Å². The van der Waals surface area contributed by atoms with E-state index in [-0.39, 0.29) is 11.0 Å². The standard InChI is InChI=1S/C26H24N2O2/c1-16(17-4-6-18(7-5-17)25(29)30)19-8-10-23-22(14-19)21(12-13-26(23,2)3)20-9-11-24(27)28-15-20/h4-12,14-15H,1,13H2,2-3H3,(H2,27,28)(H,29,30). The summed E-state index contributed by atoms with van der Waals surface area (Å²) >= 11 is 0. The van der Waals surface area contributed by atoms with Crippen molar-refractivity contribution in [3.63, 3.8) is 0 Å². The molecule has 0 aliphatic heterocycles. The van der Waals surface area contributed by atoms with Crippen LogP contribution in [0.25, 0.3) is 11.1 Å². The van der Waals surface area contributed by atoms with E-state index in [0.29, 0.717) is 5.82 Å². The van der Waals surface area contributed by atoms with E-state index >= 15 is 0 Å². The Morgan fingerprint density at radius 2 is 1.70 bits per heavy atom. The number of fused-ring (bicyclic) bond motifs is 1. The molecular weight excluding hydrogens is 372 g/mol. The minimum absolute atomic E-state index is 0.0308. The van der Waals surface area contributed by atoms with Crippen LogP contribution in [0.3, 0.4) is 0 Å². The van der Waals surface area contributed by atoms with Gasteiger partial charge in [-0.2, -0.15) is 0 Å². The zero-order chi connectivity index (χ0) is 21.5. The molecular formula is C26H24N2O2. The van der Waals surface area contributed by atoms with Crippen molar-refractivity contribution in [2.45, 2.75) is 25.7 Å². The number of benzene rings is 2. The number of aromatic nitrogens is 1. The molecule has 0 spiro atoms. The number of hydrogen-bond acceptors (Lipinski definition) is 3. The zero-order valence-corrected chi connectivity index (χ0v) is 17.1. The molecule has 0 radical (unpaired) electrons. The van der Waals surface area contributed by atoms with Crippen LogP contribution in [0.4, 0.5) is 5.82 Å². The first-order valence-corrected chi connectivity index (χ1v) is 9.86. The lowest BCUT2D eigenvalue weighted by molar-refractivity contribution is 0.0697. The fraction of sp³-hybridized carbons (Fsp3) is 0.154. The van der Waals surface area contributed by atoms with E-state index in [4.69, 9.17) is 10.8 Å². The number of allylic oxidation sites excluding steroid dienone is 1. The zero-order valence-electron chi connectivity index (χ0n) is 17.1. The van der Waals surface area contributed by atoms with Gasteiger partial charge in [0, 0.05) is 11.8 Å². The van der Waals surface area contributed by atoms with Crippen molar-refractivity contribution in [3.8, 4) is 0 Å². The lowest BCUT2D eigenvalue weighted by Gasteiger charge is -2.32. The number of rotatable bonds is 4. The molecule has 0 fully saturated rings. The van der Waals surface area contributed by atoms with Crippen LogP contribution in [0.1, 0.15) is 58.4 Å². The van der Waals surface area contributed by atoms with Gasteiger partial charge in [0.25, 0.3) is 0 Å². The lowest BCUT2D eigenvalue weighted by Crippen LogP contribution is -2.22. The fourth-order valence-corrected chi connectivity index (χ4v) is 3.94. The van der Waals surface area contributed by atoms with Gasteiger partial charge in [-0.05, 0) is 75.6 Å². The Kier molecular flexibility index (Phi) is 4.78. The summed E-state index contributed by atoms with van der Waals surface area (Å²) < 4.78 is 0. The molecule has 0 saturated carbocycles. The molecule has 0 unspecified atom stereocenters. The average Bonchev–Trinajstić information content (AvgIpc) is 2.74. The molecule has 3 aromatic rings. The molecule has 1 heterocycles. The van der Waals surface area contributed by atoms with Gasteiger partial charge in [0.15, 0.2) is 0 Å². The van der Waals surface area contributed by atoms with Crippen molar-refractivity contribution in [1.29, 1.82) is 0 Å². The molecule has 4 rings (SSSR count). The van der Waals surface area contributed by atoms with Crippen LogP contribution in [0.5, 0.6) is 0 Å². The molecule has 150 valence electrons. The predicted molar refractivity (Wildman–Crippen MR) is 121 cm³/mol. The molecule has 0 bridgehead atoms. The molecule has 0 amide bonds. The quantitative estimate of drug-likeness (QED) is 0.607. The van der Waals surface area contributed by atoms with Crippen molar-refractivity contribution >= 4 is 22.9 Å². The summed E-state index contributed by atoms with van der Waals surface area (Å²) in [6, 6.07) is 17.1. The smallest absolute Gasteiger partial charge is 0.335 e. The van der Waals surface area contributed by atoms with Crippen molar-refractivity contribution in [2.75, 3.05) is 5.73 Å². The summed E-state index contributed by atoms with van der Waals surface area (Å²) in [6.45, 7) is 8.77. The number of pyridine rings is 1. The Morgan fingerprint density at radius 3 is 2.33 bits per heavy atom. The molecule has 0 atom stereocenters. The molecule has 3 N–H and O–H groups in total. The van der Waals surface area contributed by atoms with Crippen LogP contribution in [-0.4, -0.2) is 16.1 Å². The van der Waals surface area contributed by atoms with Gasteiger partial charge in [-0.3, -0.25) is 0 Å². The second kappa shape index (κ2) is 7.30. The highest BCUT2D eigenvalue weighted by molar-refractivity contribution is 5.90. The molecule has 4 heteroatoms. The normalized spacial score (nSPS) is 14.5. The van der Waals surface area contributed by atoms with Crippen molar-refractivity contribution < 1.29 is 9.90 Å². The predicted octanol–water partition coefficient (Wildman–Crippen LogP) is 5.54. The van der Waals surface area contributed by atoms with Crippen molar-refractivity contribution in [3.05, 3.63) is 107 Å². The Morgan fingerprint density at radius 1 is 1.03 bits per heavy atom. The van der Waals surface area contributed by atoms with Gasteiger partial charge in [-0.1, -0.05) is 50.8 Å². The minimum atomic E-state index is -0.935. The molecule has 1 aliphatic carbocycles. The summed E-state index contributed by atoms with van der Waals surface area (Å²) in [5.41, 5.74) is 13.5. The number of carboxylic acids is 1.